The Bertz CT molecular complexity index is 402. The monoisotopic (exact) mass is 291 g/mol. The molecule has 6 heteroatoms. The van der Waals surface area contributed by atoms with Crippen LogP contribution in [-0.2, 0) is 4.74 Å². The summed E-state index contributed by atoms with van der Waals surface area (Å²) in [4.78, 5) is 16.0. The molecule has 0 aliphatic heterocycles. The van der Waals surface area contributed by atoms with Crippen molar-refractivity contribution in [3.8, 4) is 0 Å². The van der Waals surface area contributed by atoms with Gasteiger partial charge in [0.25, 0.3) is 0 Å². The summed E-state index contributed by atoms with van der Waals surface area (Å²) in [6.45, 7) is 0. The maximum Gasteiger partial charge on any atom is 0.351 e. The average molecular weight is 292 g/mol. The summed E-state index contributed by atoms with van der Waals surface area (Å²) in [6.07, 6.45) is 6.38. The first kappa shape index (κ1) is 13.2. The van der Waals surface area contributed by atoms with Crippen LogP contribution >= 0.6 is 34.7 Å². The molecule has 0 aromatic carbocycles. The van der Waals surface area contributed by atoms with Gasteiger partial charge in [0, 0.05) is 5.25 Å². The zero-order valence-corrected chi connectivity index (χ0v) is 12.0. The quantitative estimate of drug-likeness (QED) is 0.789. The molecular formula is C11H14ClNO2S2. The van der Waals surface area contributed by atoms with Gasteiger partial charge in [0.05, 0.1) is 7.11 Å². The Kier molecular flexibility index (Phi) is 4.70. The van der Waals surface area contributed by atoms with Crippen molar-refractivity contribution >= 4 is 40.7 Å². The number of carbonyl (C=O) groups excluding carboxylic acids is 1. The van der Waals surface area contributed by atoms with Crippen molar-refractivity contribution in [2.24, 2.45) is 0 Å². The lowest BCUT2D eigenvalue weighted by molar-refractivity contribution is 0.0606. The van der Waals surface area contributed by atoms with E-state index >= 15 is 0 Å². The van der Waals surface area contributed by atoms with E-state index in [0.717, 1.165) is 4.34 Å². The van der Waals surface area contributed by atoms with Crippen molar-refractivity contribution in [2.75, 3.05) is 7.11 Å². The molecule has 0 bridgehead atoms. The largest absolute Gasteiger partial charge is 0.465 e. The summed E-state index contributed by atoms with van der Waals surface area (Å²) in [5.41, 5.74) is 0. The zero-order valence-electron chi connectivity index (χ0n) is 9.57. The van der Waals surface area contributed by atoms with E-state index in [1.807, 2.05) is 0 Å². The standard InChI is InChI=1S/C11H14ClNO2S2/c1-15-10(14)8-9(12)13-11(17-8)16-7-5-3-2-4-6-7/h7H,2-6H2,1H3. The Balaban J connectivity index is 2.03. The van der Waals surface area contributed by atoms with Gasteiger partial charge >= 0.3 is 5.97 Å². The molecule has 0 amide bonds. The van der Waals surface area contributed by atoms with E-state index in [-0.39, 0.29) is 5.15 Å². The second-order valence-electron chi connectivity index (χ2n) is 3.97. The number of aromatic nitrogens is 1. The fraction of sp³-hybridized carbons (Fsp3) is 0.636. The van der Waals surface area contributed by atoms with Crippen LogP contribution in [0.5, 0.6) is 0 Å². The van der Waals surface area contributed by atoms with Gasteiger partial charge in [0.2, 0.25) is 0 Å². The number of hydrogen-bond acceptors (Lipinski definition) is 5. The fourth-order valence-electron chi connectivity index (χ4n) is 1.88. The molecule has 1 fully saturated rings. The molecule has 0 N–H and O–H groups in total. The van der Waals surface area contributed by atoms with Gasteiger partial charge in [-0.1, -0.05) is 54.0 Å². The third kappa shape index (κ3) is 3.36. The van der Waals surface area contributed by atoms with Crippen molar-refractivity contribution < 1.29 is 9.53 Å². The van der Waals surface area contributed by atoms with Crippen molar-refractivity contribution in [1.82, 2.24) is 4.98 Å². The number of rotatable bonds is 3. The predicted octanol–water partition coefficient (Wildman–Crippen LogP) is 4.01. The molecule has 0 spiro atoms. The van der Waals surface area contributed by atoms with Crippen LogP contribution in [0.4, 0.5) is 0 Å². The molecule has 3 nitrogen and oxygen atoms in total. The number of thioether (sulfide) groups is 1. The van der Waals surface area contributed by atoms with Gasteiger partial charge in [0.1, 0.15) is 0 Å². The SMILES string of the molecule is COC(=O)c1sc(SC2CCCCC2)nc1Cl. The highest BCUT2D eigenvalue weighted by Gasteiger charge is 2.21. The van der Waals surface area contributed by atoms with Crippen LogP contribution in [0.1, 0.15) is 41.8 Å². The average Bonchev–Trinajstić information content (AvgIpc) is 2.70. The number of methoxy groups -OCH3 is 1. The molecule has 0 unspecified atom stereocenters. The summed E-state index contributed by atoms with van der Waals surface area (Å²) >= 11 is 9.00. The second kappa shape index (κ2) is 6.07. The summed E-state index contributed by atoms with van der Waals surface area (Å²) in [7, 11) is 1.35. The maximum absolute atomic E-state index is 11.4. The summed E-state index contributed by atoms with van der Waals surface area (Å²) in [5.74, 6) is -0.400. The number of thiazole rings is 1. The summed E-state index contributed by atoms with van der Waals surface area (Å²) < 4.78 is 5.54. The molecule has 17 heavy (non-hydrogen) atoms. The van der Waals surface area contributed by atoms with Crippen LogP contribution in [-0.4, -0.2) is 23.3 Å². The number of halogens is 1. The third-order valence-corrected chi connectivity index (χ3v) is 5.61. The van der Waals surface area contributed by atoms with Crippen molar-refractivity contribution in [3.05, 3.63) is 10.0 Å². The Hall–Kier alpha value is -0.260. The number of nitrogens with zero attached hydrogens (tertiary/aromatic N) is 1. The van der Waals surface area contributed by atoms with E-state index < -0.39 is 5.97 Å². The van der Waals surface area contributed by atoms with Gasteiger partial charge in [-0.15, -0.1) is 0 Å². The van der Waals surface area contributed by atoms with Crippen LogP contribution in [0, 0.1) is 0 Å². The highest BCUT2D eigenvalue weighted by atomic mass is 35.5. The Morgan fingerprint density at radius 2 is 2.18 bits per heavy atom. The molecular weight excluding hydrogens is 278 g/mol. The van der Waals surface area contributed by atoms with E-state index in [2.05, 4.69) is 9.72 Å². The van der Waals surface area contributed by atoms with Gasteiger partial charge < -0.3 is 4.74 Å². The van der Waals surface area contributed by atoms with Crippen LogP contribution in [0.25, 0.3) is 0 Å². The van der Waals surface area contributed by atoms with Gasteiger partial charge in [-0.25, -0.2) is 9.78 Å². The van der Waals surface area contributed by atoms with E-state index in [1.165, 1.54) is 50.6 Å². The topological polar surface area (TPSA) is 39.2 Å². The number of hydrogen-bond donors (Lipinski definition) is 0. The van der Waals surface area contributed by atoms with Crippen molar-refractivity contribution in [2.45, 2.75) is 41.7 Å². The Morgan fingerprint density at radius 1 is 1.47 bits per heavy atom. The molecule has 1 aromatic heterocycles. The molecule has 0 atom stereocenters. The normalized spacial score (nSPS) is 17.1. The van der Waals surface area contributed by atoms with Gasteiger partial charge in [-0.05, 0) is 12.8 Å². The molecule has 1 heterocycles. The number of esters is 1. The number of ether oxygens (including phenoxy) is 1. The molecule has 2 rings (SSSR count). The minimum Gasteiger partial charge on any atom is -0.465 e. The van der Waals surface area contributed by atoms with Crippen LogP contribution in [0.15, 0.2) is 4.34 Å². The minimum atomic E-state index is -0.400. The smallest absolute Gasteiger partial charge is 0.351 e. The van der Waals surface area contributed by atoms with E-state index in [4.69, 9.17) is 11.6 Å². The summed E-state index contributed by atoms with van der Waals surface area (Å²) in [6, 6.07) is 0. The predicted molar refractivity (Wildman–Crippen MR) is 71.2 cm³/mol. The first-order valence-electron chi connectivity index (χ1n) is 5.62. The van der Waals surface area contributed by atoms with Crippen LogP contribution in [0.2, 0.25) is 5.15 Å². The molecule has 1 saturated carbocycles. The first-order chi connectivity index (χ1) is 8.20. The van der Waals surface area contributed by atoms with Crippen LogP contribution < -0.4 is 0 Å². The lowest BCUT2D eigenvalue weighted by Gasteiger charge is -2.19. The highest BCUT2D eigenvalue weighted by molar-refractivity contribution is 8.01. The highest BCUT2D eigenvalue weighted by Crippen LogP contribution is 2.37. The van der Waals surface area contributed by atoms with Crippen molar-refractivity contribution in [3.63, 3.8) is 0 Å². The van der Waals surface area contributed by atoms with Crippen molar-refractivity contribution in [1.29, 1.82) is 0 Å². The Labute approximate surface area is 114 Å². The maximum atomic E-state index is 11.4. The van der Waals surface area contributed by atoms with E-state index in [9.17, 15) is 4.79 Å². The van der Waals surface area contributed by atoms with Gasteiger partial charge in [0.15, 0.2) is 14.4 Å². The first-order valence-corrected chi connectivity index (χ1v) is 7.69. The zero-order chi connectivity index (χ0) is 12.3. The second-order valence-corrected chi connectivity index (χ2v) is 6.87. The van der Waals surface area contributed by atoms with Gasteiger partial charge in [-0.3, -0.25) is 0 Å². The minimum absolute atomic E-state index is 0.264. The molecule has 0 saturated heterocycles. The molecule has 1 aliphatic carbocycles. The molecule has 1 aromatic rings. The lowest BCUT2D eigenvalue weighted by Crippen LogP contribution is -2.07. The van der Waals surface area contributed by atoms with E-state index in [1.54, 1.807) is 11.8 Å². The van der Waals surface area contributed by atoms with E-state index in [0.29, 0.717) is 10.1 Å². The fourth-order valence-corrected chi connectivity index (χ4v) is 4.71. The summed E-state index contributed by atoms with van der Waals surface area (Å²) in [5, 5.41) is 0.886. The third-order valence-electron chi connectivity index (χ3n) is 2.76. The molecule has 0 radical (unpaired) electrons. The Morgan fingerprint density at radius 3 is 2.82 bits per heavy atom. The van der Waals surface area contributed by atoms with Gasteiger partial charge in [-0.2, -0.15) is 0 Å². The lowest BCUT2D eigenvalue weighted by atomic mass is 10.0. The molecule has 94 valence electrons. The van der Waals surface area contributed by atoms with Crippen LogP contribution in [0.3, 0.4) is 0 Å². The number of carbonyl (C=O) groups is 1. The molecule has 1 aliphatic rings.